The van der Waals surface area contributed by atoms with E-state index in [9.17, 15) is 4.79 Å². The lowest BCUT2D eigenvalue weighted by atomic mass is 10.3. The molecule has 17 heavy (non-hydrogen) atoms. The first-order valence-corrected chi connectivity index (χ1v) is 5.33. The van der Waals surface area contributed by atoms with Gasteiger partial charge in [-0.05, 0) is 38.1 Å². The molecule has 4 heteroatoms. The molecule has 0 saturated carbocycles. The van der Waals surface area contributed by atoms with Crippen molar-refractivity contribution in [2.45, 2.75) is 13.8 Å². The zero-order valence-electron chi connectivity index (χ0n) is 9.77. The highest BCUT2D eigenvalue weighted by Crippen LogP contribution is 2.09. The van der Waals surface area contributed by atoms with Crippen LogP contribution in [0.3, 0.4) is 0 Å². The average Bonchev–Trinajstić information content (AvgIpc) is 2.29. The molecule has 0 radical (unpaired) electrons. The van der Waals surface area contributed by atoms with Crippen LogP contribution in [0.1, 0.15) is 21.9 Å². The highest BCUT2D eigenvalue weighted by molar-refractivity contribution is 6.02. The lowest BCUT2D eigenvalue weighted by Crippen LogP contribution is -2.14. The minimum absolute atomic E-state index is 0.209. The normalized spacial score (nSPS) is 10.0. The SMILES string of the molecule is Cc1cc(NC(=O)c2cccc(C)n2)ccn1. The van der Waals surface area contributed by atoms with E-state index in [0.29, 0.717) is 5.69 Å². The molecule has 1 N–H and O–H groups in total. The first-order chi connectivity index (χ1) is 8.15. The van der Waals surface area contributed by atoms with Gasteiger partial charge in [-0.3, -0.25) is 9.78 Å². The first-order valence-electron chi connectivity index (χ1n) is 5.33. The predicted octanol–water partition coefficient (Wildman–Crippen LogP) is 2.35. The van der Waals surface area contributed by atoms with Crippen molar-refractivity contribution in [2.24, 2.45) is 0 Å². The number of carbonyl (C=O) groups excluding carboxylic acids is 1. The highest BCUT2D eigenvalue weighted by atomic mass is 16.1. The lowest BCUT2D eigenvalue weighted by molar-refractivity contribution is 0.102. The monoisotopic (exact) mass is 227 g/mol. The Kier molecular flexibility index (Phi) is 3.14. The van der Waals surface area contributed by atoms with Gasteiger partial charge in [0.25, 0.3) is 5.91 Å². The van der Waals surface area contributed by atoms with E-state index in [-0.39, 0.29) is 5.91 Å². The van der Waals surface area contributed by atoms with Crippen LogP contribution in [0, 0.1) is 13.8 Å². The maximum absolute atomic E-state index is 11.9. The molecule has 0 saturated heterocycles. The second-order valence-corrected chi connectivity index (χ2v) is 3.80. The van der Waals surface area contributed by atoms with Gasteiger partial charge >= 0.3 is 0 Å². The number of hydrogen-bond donors (Lipinski definition) is 1. The Bertz CT molecular complexity index is 552. The van der Waals surface area contributed by atoms with Crippen molar-refractivity contribution in [3.63, 3.8) is 0 Å². The maximum atomic E-state index is 11.9. The molecule has 0 aliphatic heterocycles. The molecule has 0 aromatic carbocycles. The number of aryl methyl sites for hydroxylation is 2. The van der Waals surface area contributed by atoms with Gasteiger partial charge < -0.3 is 5.32 Å². The van der Waals surface area contributed by atoms with Gasteiger partial charge in [-0.15, -0.1) is 0 Å². The van der Waals surface area contributed by atoms with E-state index in [1.54, 1.807) is 18.3 Å². The second-order valence-electron chi connectivity index (χ2n) is 3.80. The van der Waals surface area contributed by atoms with Gasteiger partial charge in [0.2, 0.25) is 0 Å². The van der Waals surface area contributed by atoms with E-state index < -0.39 is 0 Å². The fourth-order valence-electron chi connectivity index (χ4n) is 1.49. The Labute approximate surface area is 99.7 Å². The fourth-order valence-corrected chi connectivity index (χ4v) is 1.49. The Balaban J connectivity index is 2.17. The third-order valence-electron chi connectivity index (χ3n) is 2.28. The van der Waals surface area contributed by atoms with Crippen LogP contribution < -0.4 is 5.32 Å². The summed E-state index contributed by atoms with van der Waals surface area (Å²) in [6.45, 7) is 3.73. The quantitative estimate of drug-likeness (QED) is 0.856. The molecule has 2 aromatic rings. The van der Waals surface area contributed by atoms with Crippen molar-refractivity contribution in [3.8, 4) is 0 Å². The van der Waals surface area contributed by atoms with E-state index in [2.05, 4.69) is 15.3 Å². The van der Waals surface area contributed by atoms with Crippen LogP contribution in [0.2, 0.25) is 0 Å². The van der Waals surface area contributed by atoms with Crippen LogP contribution in [0.25, 0.3) is 0 Å². The lowest BCUT2D eigenvalue weighted by Gasteiger charge is -2.05. The molecule has 2 rings (SSSR count). The molecule has 0 spiro atoms. The molecular weight excluding hydrogens is 214 g/mol. The number of pyridine rings is 2. The summed E-state index contributed by atoms with van der Waals surface area (Å²) in [6, 6.07) is 8.92. The number of nitrogens with one attached hydrogen (secondary N) is 1. The zero-order chi connectivity index (χ0) is 12.3. The number of aromatic nitrogens is 2. The van der Waals surface area contributed by atoms with Crippen molar-refractivity contribution in [1.29, 1.82) is 0 Å². The molecule has 2 heterocycles. The number of amides is 1. The minimum Gasteiger partial charge on any atom is -0.321 e. The van der Waals surface area contributed by atoms with Crippen molar-refractivity contribution in [1.82, 2.24) is 9.97 Å². The predicted molar refractivity (Wildman–Crippen MR) is 65.9 cm³/mol. The summed E-state index contributed by atoms with van der Waals surface area (Å²) in [4.78, 5) is 20.1. The number of carbonyl (C=O) groups is 1. The summed E-state index contributed by atoms with van der Waals surface area (Å²) in [6.07, 6.45) is 1.66. The van der Waals surface area contributed by atoms with Gasteiger partial charge in [-0.25, -0.2) is 4.98 Å². The second kappa shape index (κ2) is 4.74. The fraction of sp³-hybridized carbons (Fsp3) is 0.154. The molecular formula is C13H13N3O. The standard InChI is InChI=1S/C13H13N3O/c1-9-4-3-5-12(15-9)13(17)16-11-6-7-14-10(2)8-11/h3-8H,1-2H3,(H,14,16,17). The summed E-state index contributed by atoms with van der Waals surface area (Å²) in [5, 5.41) is 2.78. The zero-order valence-corrected chi connectivity index (χ0v) is 9.77. The maximum Gasteiger partial charge on any atom is 0.274 e. The number of anilines is 1. The molecule has 0 unspecified atom stereocenters. The van der Waals surface area contributed by atoms with Gasteiger partial charge in [0.15, 0.2) is 0 Å². The van der Waals surface area contributed by atoms with Gasteiger partial charge in [-0.1, -0.05) is 6.07 Å². The van der Waals surface area contributed by atoms with Gasteiger partial charge in [0.1, 0.15) is 5.69 Å². The van der Waals surface area contributed by atoms with Gasteiger partial charge in [0, 0.05) is 23.3 Å². The molecule has 4 nitrogen and oxygen atoms in total. The largest absolute Gasteiger partial charge is 0.321 e. The number of nitrogens with zero attached hydrogens (tertiary/aromatic N) is 2. The van der Waals surface area contributed by atoms with E-state index in [1.165, 1.54) is 0 Å². The van der Waals surface area contributed by atoms with E-state index in [1.807, 2.05) is 32.0 Å². The van der Waals surface area contributed by atoms with Crippen LogP contribution in [-0.2, 0) is 0 Å². The van der Waals surface area contributed by atoms with Gasteiger partial charge in [0.05, 0.1) is 0 Å². The summed E-state index contributed by atoms with van der Waals surface area (Å²) in [5.41, 5.74) is 2.83. The smallest absolute Gasteiger partial charge is 0.274 e. The van der Waals surface area contributed by atoms with Crippen LogP contribution in [0.5, 0.6) is 0 Å². The molecule has 0 atom stereocenters. The molecule has 0 fully saturated rings. The van der Waals surface area contributed by atoms with Crippen molar-refractivity contribution >= 4 is 11.6 Å². The van der Waals surface area contributed by atoms with Crippen LogP contribution in [-0.4, -0.2) is 15.9 Å². The molecule has 1 amide bonds. The first kappa shape index (κ1) is 11.3. The Hall–Kier alpha value is -2.23. The third kappa shape index (κ3) is 2.87. The Morgan fingerprint density at radius 1 is 1.18 bits per heavy atom. The van der Waals surface area contributed by atoms with E-state index >= 15 is 0 Å². The summed E-state index contributed by atoms with van der Waals surface area (Å²) in [7, 11) is 0. The van der Waals surface area contributed by atoms with Crippen LogP contribution in [0.15, 0.2) is 36.5 Å². The summed E-state index contributed by atoms with van der Waals surface area (Å²) in [5.74, 6) is -0.209. The number of rotatable bonds is 2. The average molecular weight is 227 g/mol. The van der Waals surface area contributed by atoms with Crippen molar-refractivity contribution in [3.05, 3.63) is 53.6 Å². The molecule has 2 aromatic heterocycles. The van der Waals surface area contributed by atoms with Crippen molar-refractivity contribution in [2.75, 3.05) is 5.32 Å². The molecule has 0 aliphatic carbocycles. The van der Waals surface area contributed by atoms with Crippen LogP contribution in [0.4, 0.5) is 5.69 Å². The topological polar surface area (TPSA) is 54.9 Å². The minimum atomic E-state index is -0.209. The van der Waals surface area contributed by atoms with E-state index in [4.69, 9.17) is 0 Å². The summed E-state index contributed by atoms with van der Waals surface area (Å²) >= 11 is 0. The van der Waals surface area contributed by atoms with Crippen molar-refractivity contribution < 1.29 is 4.79 Å². The Morgan fingerprint density at radius 3 is 2.71 bits per heavy atom. The number of hydrogen-bond acceptors (Lipinski definition) is 3. The van der Waals surface area contributed by atoms with E-state index in [0.717, 1.165) is 17.1 Å². The highest BCUT2D eigenvalue weighted by Gasteiger charge is 2.07. The van der Waals surface area contributed by atoms with Crippen LogP contribution >= 0.6 is 0 Å². The summed E-state index contributed by atoms with van der Waals surface area (Å²) < 4.78 is 0. The Morgan fingerprint density at radius 2 is 2.00 bits per heavy atom. The molecule has 0 bridgehead atoms. The molecule has 86 valence electrons. The molecule has 0 aliphatic rings. The van der Waals surface area contributed by atoms with Gasteiger partial charge in [-0.2, -0.15) is 0 Å². The third-order valence-corrected chi connectivity index (χ3v) is 2.28.